The molecule has 0 saturated carbocycles. The van der Waals surface area contributed by atoms with Gasteiger partial charge in [0.25, 0.3) is 0 Å². The Morgan fingerprint density at radius 1 is 1.17 bits per heavy atom. The van der Waals surface area contributed by atoms with Crippen LogP contribution in [-0.4, -0.2) is 12.2 Å². The van der Waals surface area contributed by atoms with Crippen LogP contribution in [0.25, 0.3) is 0 Å². The summed E-state index contributed by atoms with van der Waals surface area (Å²) in [5.74, 6) is 0. The average molecular weight is 335 g/mol. The Bertz CT molecular complexity index is 15.5. The summed E-state index contributed by atoms with van der Waals surface area (Å²) >= 11 is -1.79. The molecule has 0 saturated heterocycles. The average Bonchev–Trinajstić information content (AvgIpc) is 1.41. The molecule has 0 aliphatic carbocycles. The summed E-state index contributed by atoms with van der Waals surface area (Å²) < 4.78 is 0. The first-order chi connectivity index (χ1) is 2.73. The van der Waals surface area contributed by atoms with Crippen molar-refractivity contribution in [2.75, 3.05) is 7.11 Å². The fourth-order valence-electron chi connectivity index (χ4n) is 0. The second kappa shape index (κ2) is 9.76. The molecule has 1 nitrogen and oxygen atoms in total. The molecule has 0 aliphatic rings. The molecule has 6 heavy (non-hydrogen) atoms. The molecule has 0 aromatic carbocycles. The standard InChI is InChI=1S/CH4O.Au.3ClH/c1-2;;;;/h2H,1H3;;3*1H/q;+3;;;/p-3. The molecule has 0 spiro atoms. The van der Waals surface area contributed by atoms with Gasteiger partial charge in [0.05, 0.1) is 0 Å². The predicted molar refractivity (Wildman–Crippen MR) is 25.7 cm³/mol. The van der Waals surface area contributed by atoms with Crippen LogP contribution in [0.1, 0.15) is 0 Å². The Hall–Kier alpha value is 1.57. The van der Waals surface area contributed by atoms with Crippen LogP contribution in [0.15, 0.2) is 0 Å². The van der Waals surface area contributed by atoms with Gasteiger partial charge in [-0.2, -0.15) is 0 Å². The van der Waals surface area contributed by atoms with E-state index in [1.54, 1.807) is 0 Å². The molecule has 0 rings (SSSR count). The first-order valence-electron chi connectivity index (χ1n) is 0.789. The summed E-state index contributed by atoms with van der Waals surface area (Å²) in [4.78, 5) is 0. The van der Waals surface area contributed by atoms with Crippen LogP contribution in [-0.2, 0) is 15.2 Å². The van der Waals surface area contributed by atoms with Crippen molar-refractivity contribution in [2.45, 2.75) is 0 Å². The molecular weight excluding hydrogens is 331 g/mol. The van der Waals surface area contributed by atoms with Crippen molar-refractivity contribution in [2.24, 2.45) is 0 Å². The van der Waals surface area contributed by atoms with Crippen molar-refractivity contribution in [1.29, 1.82) is 0 Å². The monoisotopic (exact) mass is 334 g/mol. The van der Waals surface area contributed by atoms with Crippen LogP contribution in [0.4, 0.5) is 0 Å². The van der Waals surface area contributed by atoms with Crippen LogP contribution in [0.3, 0.4) is 0 Å². The molecule has 0 amide bonds. The third kappa shape index (κ3) is 47.2. The second-order valence-electron chi connectivity index (χ2n) is 0.129. The Kier molecular flexibility index (Phi) is 17.1. The minimum absolute atomic E-state index is 1.00. The van der Waals surface area contributed by atoms with E-state index in [0.717, 1.165) is 7.11 Å². The van der Waals surface area contributed by atoms with Crippen molar-refractivity contribution in [3.8, 4) is 0 Å². The van der Waals surface area contributed by atoms with E-state index in [1.165, 1.54) is 0 Å². The van der Waals surface area contributed by atoms with Crippen LogP contribution in [0, 0.1) is 0 Å². The van der Waals surface area contributed by atoms with Gasteiger partial charge in [0.1, 0.15) is 0 Å². The van der Waals surface area contributed by atoms with Gasteiger partial charge in [-0.15, -0.1) is 0 Å². The zero-order valence-corrected chi connectivity index (χ0v) is 7.32. The van der Waals surface area contributed by atoms with E-state index in [2.05, 4.69) is 0 Å². The third-order valence-electron chi connectivity index (χ3n) is 0. The SMILES string of the molecule is CO.[Cl][Au]([Cl])[Cl]. The second-order valence-corrected chi connectivity index (χ2v) is 9.52. The fraction of sp³-hybridized carbons (Fsp3) is 1.00. The zero-order valence-electron chi connectivity index (χ0n) is 2.88. The minimum atomic E-state index is -1.79. The molecule has 0 aromatic heterocycles. The topological polar surface area (TPSA) is 20.2 Å². The summed E-state index contributed by atoms with van der Waals surface area (Å²) in [7, 11) is 15.9. The van der Waals surface area contributed by atoms with E-state index < -0.39 is 15.2 Å². The quantitative estimate of drug-likeness (QED) is 0.668. The maximum absolute atomic E-state index is 7.00. The molecule has 0 bridgehead atoms. The number of hydrogen-bond donors (Lipinski definition) is 1. The van der Waals surface area contributed by atoms with E-state index in [0.29, 0.717) is 0 Å². The summed E-state index contributed by atoms with van der Waals surface area (Å²) in [5.41, 5.74) is 0. The van der Waals surface area contributed by atoms with Crippen molar-refractivity contribution in [3.63, 3.8) is 0 Å². The van der Waals surface area contributed by atoms with Gasteiger partial charge >= 0.3 is 42.8 Å². The first kappa shape index (κ1) is 10.5. The number of aliphatic hydroxyl groups is 1. The molecule has 0 heterocycles. The van der Waals surface area contributed by atoms with Crippen LogP contribution >= 0.6 is 27.6 Å². The van der Waals surface area contributed by atoms with E-state index in [4.69, 9.17) is 32.7 Å². The Labute approximate surface area is 54.8 Å². The number of rotatable bonds is 0. The van der Waals surface area contributed by atoms with Crippen molar-refractivity contribution in [1.82, 2.24) is 0 Å². The maximum atomic E-state index is 7.00. The van der Waals surface area contributed by atoms with Gasteiger partial charge in [0.15, 0.2) is 0 Å². The summed E-state index contributed by atoms with van der Waals surface area (Å²) in [5, 5.41) is 7.00. The van der Waals surface area contributed by atoms with Crippen LogP contribution < -0.4 is 0 Å². The summed E-state index contributed by atoms with van der Waals surface area (Å²) in [6, 6.07) is 0. The van der Waals surface area contributed by atoms with Gasteiger partial charge in [0.2, 0.25) is 0 Å². The predicted octanol–water partition coefficient (Wildman–Crippen LogP) is 1.67. The van der Waals surface area contributed by atoms with Crippen molar-refractivity contribution >= 4 is 27.6 Å². The zero-order chi connectivity index (χ0) is 5.58. The van der Waals surface area contributed by atoms with E-state index in [1.807, 2.05) is 0 Å². The molecule has 1 N–H and O–H groups in total. The Morgan fingerprint density at radius 2 is 1.17 bits per heavy atom. The molecule has 0 atom stereocenters. The summed E-state index contributed by atoms with van der Waals surface area (Å²) in [6.07, 6.45) is 0. The van der Waals surface area contributed by atoms with Gasteiger partial charge in [-0.25, -0.2) is 0 Å². The molecule has 46 valence electrons. The Balaban J connectivity index is 0. The molecule has 0 aliphatic heterocycles. The first-order valence-corrected chi connectivity index (χ1v) is 8.84. The normalized spacial score (nSPS) is 8.50. The molecule has 0 fully saturated rings. The van der Waals surface area contributed by atoms with E-state index in [-0.39, 0.29) is 0 Å². The number of hydrogen-bond acceptors (Lipinski definition) is 1. The van der Waals surface area contributed by atoms with Gasteiger partial charge in [-0.1, -0.05) is 0 Å². The molecule has 0 radical (unpaired) electrons. The van der Waals surface area contributed by atoms with Gasteiger partial charge in [0, 0.05) is 7.11 Å². The Morgan fingerprint density at radius 3 is 1.17 bits per heavy atom. The van der Waals surface area contributed by atoms with Crippen LogP contribution in [0.2, 0.25) is 0 Å². The van der Waals surface area contributed by atoms with Crippen molar-refractivity contribution < 1.29 is 20.3 Å². The molecule has 0 unspecified atom stereocenters. The summed E-state index contributed by atoms with van der Waals surface area (Å²) in [6.45, 7) is 0. The fourth-order valence-corrected chi connectivity index (χ4v) is 0. The van der Waals surface area contributed by atoms with Gasteiger partial charge in [-0.05, 0) is 0 Å². The molecule has 5 heteroatoms. The van der Waals surface area contributed by atoms with Crippen LogP contribution in [0.5, 0.6) is 0 Å². The van der Waals surface area contributed by atoms with Gasteiger partial charge in [-0.3, -0.25) is 0 Å². The van der Waals surface area contributed by atoms with E-state index >= 15 is 0 Å². The number of halogens is 3. The third-order valence-corrected chi connectivity index (χ3v) is 0. The van der Waals surface area contributed by atoms with E-state index in [9.17, 15) is 0 Å². The number of aliphatic hydroxyl groups excluding tert-OH is 1. The molecule has 0 aromatic rings. The van der Waals surface area contributed by atoms with Crippen molar-refractivity contribution in [3.05, 3.63) is 0 Å². The van der Waals surface area contributed by atoms with Gasteiger partial charge < -0.3 is 5.11 Å². The molecular formula is CH4AuCl3O.